The van der Waals surface area contributed by atoms with E-state index in [9.17, 15) is 0 Å². The molecule has 6 nitrogen and oxygen atoms in total. The van der Waals surface area contributed by atoms with Crippen LogP contribution >= 0.6 is 0 Å². The van der Waals surface area contributed by atoms with Gasteiger partial charge in [0.15, 0.2) is 0 Å². The molecule has 8 heteroatoms. The normalized spacial score (nSPS) is 20.1. The second-order valence-electron chi connectivity index (χ2n) is 13.5. The second kappa shape index (κ2) is 10.7. The minimum absolute atomic E-state index is 0.405. The summed E-state index contributed by atoms with van der Waals surface area (Å²) in [4.78, 5) is 0. The third-order valence-corrected chi connectivity index (χ3v) is 9.37. The van der Waals surface area contributed by atoms with Gasteiger partial charge in [0.05, 0.1) is 22.4 Å². The summed E-state index contributed by atoms with van der Waals surface area (Å²) in [7, 11) is -0.877. The van der Waals surface area contributed by atoms with Crippen molar-refractivity contribution in [1.82, 2.24) is 0 Å². The Morgan fingerprint density at radius 2 is 0.884 bits per heavy atom. The lowest BCUT2D eigenvalue weighted by Crippen LogP contribution is -2.41. The minimum Gasteiger partial charge on any atom is -0.451 e. The van der Waals surface area contributed by atoms with Gasteiger partial charge in [0, 0.05) is 5.56 Å². The third-order valence-electron chi connectivity index (χ3n) is 9.37. The van der Waals surface area contributed by atoms with Gasteiger partial charge in [-0.2, -0.15) is 0 Å². The van der Waals surface area contributed by atoms with Crippen molar-refractivity contribution < 1.29 is 28.1 Å². The van der Waals surface area contributed by atoms with Crippen molar-refractivity contribution in [2.45, 2.75) is 84.1 Å². The van der Waals surface area contributed by atoms with Crippen molar-refractivity contribution in [3.8, 4) is 11.5 Å². The number of fused-ring (bicyclic) bond motifs is 1. The summed E-state index contributed by atoms with van der Waals surface area (Å²) in [5.41, 5.74) is 1.19. The molecule has 0 unspecified atom stereocenters. The highest BCUT2D eigenvalue weighted by Gasteiger charge is 2.52. The molecule has 0 aromatic heterocycles. The molecule has 43 heavy (non-hydrogen) atoms. The fourth-order valence-corrected chi connectivity index (χ4v) is 5.22. The summed E-state index contributed by atoms with van der Waals surface area (Å²) in [6.07, 6.45) is -0.698. The molecule has 0 saturated carbocycles. The first-order valence-corrected chi connectivity index (χ1v) is 15.0. The second-order valence-corrected chi connectivity index (χ2v) is 13.5. The standard InChI is InChI=1S/C35H40B2O6/c1-32(2)33(3,4)41-36(40-32)25-16-20-27(21-17-25)38-31(30-15-11-13-24-12-9-10-14-29(24)30)39-28-22-18-26(19-23-28)37-42-34(5,6)35(7,8)43-37/h9-23,31H,1-8H3. The Morgan fingerprint density at radius 3 is 1.33 bits per heavy atom. The van der Waals surface area contributed by atoms with E-state index in [1.54, 1.807) is 0 Å². The van der Waals surface area contributed by atoms with E-state index in [1.807, 2.05) is 72.8 Å². The van der Waals surface area contributed by atoms with Crippen LogP contribution in [0.3, 0.4) is 0 Å². The van der Waals surface area contributed by atoms with Crippen LogP contribution in [0.5, 0.6) is 11.5 Å². The molecule has 0 bridgehead atoms. The smallest absolute Gasteiger partial charge is 0.451 e. The highest BCUT2D eigenvalue weighted by Crippen LogP contribution is 2.38. The van der Waals surface area contributed by atoms with Crippen molar-refractivity contribution in [2.75, 3.05) is 0 Å². The van der Waals surface area contributed by atoms with Gasteiger partial charge in [-0.3, -0.25) is 0 Å². The summed E-state index contributed by atoms with van der Waals surface area (Å²) < 4.78 is 38.0. The first-order valence-electron chi connectivity index (χ1n) is 15.0. The van der Waals surface area contributed by atoms with Crippen LogP contribution in [0.2, 0.25) is 0 Å². The Morgan fingerprint density at radius 1 is 0.488 bits per heavy atom. The van der Waals surface area contributed by atoms with Crippen molar-refractivity contribution in [3.63, 3.8) is 0 Å². The minimum atomic E-state index is -0.698. The molecule has 2 aliphatic heterocycles. The largest absolute Gasteiger partial charge is 0.494 e. The number of ether oxygens (including phenoxy) is 2. The summed E-state index contributed by atoms with van der Waals surface area (Å²) in [6, 6.07) is 30.1. The lowest BCUT2D eigenvalue weighted by atomic mass is 9.79. The molecular formula is C35H40B2O6. The first-order chi connectivity index (χ1) is 20.2. The van der Waals surface area contributed by atoms with E-state index in [0.717, 1.165) is 27.3 Å². The highest BCUT2D eigenvalue weighted by molar-refractivity contribution is 6.62. The number of hydrogen-bond donors (Lipinski definition) is 0. The van der Waals surface area contributed by atoms with Crippen molar-refractivity contribution in [1.29, 1.82) is 0 Å². The molecule has 2 heterocycles. The van der Waals surface area contributed by atoms with Gasteiger partial charge in [0.1, 0.15) is 11.5 Å². The SMILES string of the molecule is CC1(C)OB(c2ccc(OC(Oc3ccc(B4OC(C)(C)C(C)(C)O4)cc3)c3cccc4ccccc34)cc2)OC1(C)C. The lowest BCUT2D eigenvalue weighted by molar-refractivity contribution is 0.00505. The lowest BCUT2D eigenvalue weighted by Gasteiger charge is -2.32. The van der Waals surface area contributed by atoms with Crippen LogP contribution in [0.1, 0.15) is 67.2 Å². The molecule has 0 amide bonds. The van der Waals surface area contributed by atoms with Gasteiger partial charge in [-0.05, 0) is 101 Å². The Bertz CT molecular complexity index is 1480. The summed E-state index contributed by atoms with van der Waals surface area (Å²) >= 11 is 0. The average molecular weight is 578 g/mol. The average Bonchev–Trinajstić information content (AvgIpc) is 3.32. The molecule has 2 saturated heterocycles. The fourth-order valence-electron chi connectivity index (χ4n) is 5.22. The summed E-state index contributed by atoms with van der Waals surface area (Å²) in [5, 5.41) is 2.18. The maximum atomic E-state index is 6.54. The van der Waals surface area contributed by atoms with Gasteiger partial charge < -0.3 is 28.1 Å². The van der Waals surface area contributed by atoms with Crippen LogP contribution in [0.15, 0.2) is 91.0 Å². The zero-order chi connectivity index (χ0) is 30.6. The summed E-state index contributed by atoms with van der Waals surface area (Å²) in [6.45, 7) is 16.4. The van der Waals surface area contributed by atoms with Crippen molar-refractivity contribution in [2.24, 2.45) is 0 Å². The first kappa shape index (κ1) is 29.8. The molecule has 0 N–H and O–H groups in total. The quantitative estimate of drug-likeness (QED) is 0.182. The van der Waals surface area contributed by atoms with Crippen LogP contribution in [-0.4, -0.2) is 36.6 Å². The number of rotatable bonds is 7. The Labute approximate surface area is 255 Å². The molecule has 4 aromatic carbocycles. The highest BCUT2D eigenvalue weighted by atomic mass is 16.7. The fraction of sp³-hybridized carbons (Fsp3) is 0.371. The number of benzene rings is 4. The molecule has 0 atom stereocenters. The van der Waals surface area contributed by atoms with Crippen LogP contribution in [-0.2, 0) is 18.6 Å². The monoisotopic (exact) mass is 578 g/mol. The molecule has 0 radical (unpaired) electrons. The van der Waals surface area contributed by atoms with Gasteiger partial charge in [0.2, 0.25) is 0 Å². The Balaban J connectivity index is 1.25. The Kier molecular flexibility index (Phi) is 7.41. The molecule has 4 aromatic rings. The molecule has 0 spiro atoms. The van der Waals surface area contributed by atoms with E-state index in [-0.39, 0.29) is 0 Å². The zero-order valence-electron chi connectivity index (χ0n) is 26.3. The van der Waals surface area contributed by atoms with E-state index in [2.05, 4.69) is 73.6 Å². The molecule has 0 aliphatic carbocycles. The van der Waals surface area contributed by atoms with Crippen molar-refractivity contribution >= 4 is 35.9 Å². The molecule has 2 fully saturated rings. The number of hydrogen-bond acceptors (Lipinski definition) is 6. The molecule has 222 valence electrons. The van der Waals surface area contributed by atoms with Crippen LogP contribution in [0.25, 0.3) is 10.8 Å². The van der Waals surface area contributed by atoms with Crippen LogP contribution in [0.4, 0.5) is 0 Å². The van der Waals surface area contributed by atoms with E-state index < -0.39 is 42.9 Å². The Hall–Kier alpha value is -3.29. The van der Waals surface area contributed by atoms with E-state index in [0.29, 0.717) is 11.5 Å². The maximum absolute atomic E-state index is 6.54. The third kappa shape index (κ3) is 5.69. The summed E-state index contributed by atoms with van der Waals surface area (Å²) in [5.74, 6) is 1.35. The maximum Gasteiger partial charge on any atom is 0.494 e. The van der Waals surface area contributed by atoms with Gasteiger partial charge >= 0.3 is 14.2 Å². The molecular weight excluding hydrogens is 538 g/mol. The molecule has 6 rings (SSSR count). The van der Waals surface area contributed by atoms with Crippen LogP contribution < -0.4 is 20.4 Å². The topological polar surface area (TPSA) is 55.4 Å². The van der Waals surface area contributed by atoms with E-state index >= 15 is 0 Å². The van der Waals surface area contributed by atoms with Gasteiger partial charge in [0.25, 0.3) is 6.29 Å². The van der Waals surface area contributed by atoms with Crippen LogP contribution in [0, 0.1) is 0 Å². The molecule has 2 aliphatic rings. The van der Waals surface area contributed by atoms with Crippen molar-refractivity contribution in [3.05, 3.63) is 96.6 Å². The predicted octanol–water partition coefficient (Wildman–Crippen LogP) is 6.59. The van der Waals surface area contributed by atoms with Gasteiger partial charge in [-0.15, -0.1) is 0 Å². The van der Waals surface area contributed by atoms with E-state index in [4.69, 9.17) is 28.1 Å². The van der Waals surface area contributed by atoms with Gasteiger partial charge in [-0.25, -0.2) is 0 Å². The van der Waals surface area contributed by atoms with Gasteiger partial charge in [-0.1, -0.05) is 66.7 Å². The zero-order valence-corrected chi connectivity index (χ0v) is 26.3. The predicted molar refractivity (Wildman–Crippen MR) is 172 cm³/mol. The van der Waals surface area contributed by atoms with E-state index in [1.165, 1.54) is 0 Å².